The summed E-state index contributed by atoms with van der Waals surface area (Å²) < 4.78 is 4.80. The van der Waals surface area contributed by atoms with E-state index in [1.807, 2.05) is 52.2 Å². The van der Waals surface area contributed by atoms with Crippen LogP contribution in [0.3, 0.4) is 0 Å². The van der Waals surface area contributed by atoms with Gasteiger partial charge in [0, 0.05) is 18.8 Å². The number of urea groups is 1. The minimum absolute atomic E-state index is 0. The first-order valence-electron chi connectivity index (χ1n) is 10.3. The minimum Gasteiger partial charge on any atom is -0.469 e. The summed E-state index contributed by atoms with van der Waals surface area (Å²) in [6.45, 7) is 5.30. The van der Waals surface area contributed by atoms with E-state index >= 15 is 0 Å². The lowest BCUT2D eigenvalue weighted by Crippen LogP contribution is -2.43. The lowest BCUT2D eigenvalue weighted by atomic mass is 9.97. The summed E-state index contributed by atoms with van der Waals surface area (Å²) in [7, 11) is 1.40. The molecule has 0 spiro atoms. The molecule has 8 heteroatoms. The van der Waals surface area contributed by atoms with Crippen molar-refractivity contribution in [2.75, 3.05) is 38.2 Å². The van der Waals surface area contributed by atoms with Gasteiger partial charge in [-0.15, -0.1) is 12.4 Å². The van der Waals surface area contributed by atoms with Gasteiger partial charge < -0.3 is 10.1 Å². The Morgan fingerprint density at radius 3 is 2.66 bits per heavy atom. The number of carbonyl (C=O) groups is 2. The highest BCUT2D eigenvalue weighted by molar-refractivity contribution is 5.94. The maximum absolute atomic E-state index is 13.3. The average molecular weight is 425 g/mol. The van der Waals surface area contributed by atoms with Crippen molar-refractivity contribution in [1.82, 2.24) is 15.3 Å². The largest absolute Gasteiger partial charge is 0.469 e. The summed E-state index contributed by atoms with van der Waals surface area (Å²) >= 11 is 0. The number of hydrogen-bond acceptors (Lipinski definition) is 5. The number of esters is 1. The van der Waals surface area contributed by atoms with Gasteiger partial charge in [-0.25, -0.2) is 4.79 Å². The number of anilines is 1. The summed E-state index contributed by atoms with van der Waals surface area (Å²) in [5.41, 5.74) is 0.879. The summed E-state index contributed by atoms with van der Waals surface area (Å²) in [5.74, 6) is 0.374. The predicted octanol–water partition coefficient (Wildman–Crippen LogP) is 3.26. The van der Waals surface area contributed by atoms with Crippen LogP contribution in [0, 0.1) is 5.92 Å². The Labute approximate surface area is 179 Å². The number of ether oxygens (including phenoxy) is 1. The monoisotopic (exact) mass is 424 g/mol. The Hall–Kier alpha value is -1.83. The van der Waals surface area contributed by atoms with Crippen molar-refractivity contribution in [1.29, 1.82) is 0 Å². The first kappa shape index (κ1) is 23.4. The van der Waals surface area contributed by atoms with Crippen molar-refractivity contribution >= 4 is 30.1 Å². The van der Waals surface area contributed by atoms with Gasteiger partial charge in [-0.05, 0) is 63.7 Å². The quantitative estimate of drug-likeness (QED) is 0.680. The summed E-state index contributed by atoms with van der Waals surface area (Å²) in [6, 6.07) is 9.71. The molecule has 0 aromatic heterocycles. The molecule has 2 aliphatic heterocycles. The second kappa shape index (κ2) is 11.4. The molecular weight excluding hydrogens is 392 g/mol. The van der Waals surface area contributed by atoms with Crippen LogP contribution in [0.2, 0.25) is 0 Å². The normalized spacial score (nSPS) is 22.9. The molecule has 0 radical (unpaired) electrons. The number of nitrogens with one attached hydrogen (secondary N) is 1. The fourth-order valence-electron chi connectivity index (χ4n) is 4.17. The SMILES string of the molecule is COC(=O)CCN1C(C)N(c2ccccc2)C(=O)N1CCC1CCCNCC1.Cl. The molecule has 0 bridgehead atoms. The molecule has 2 unspecified atom stereocenters. The van der Waals surface area contributed by atoms with Crippen molar-refractivity contribution in [2.45, 2.75) is 45.2 Å². The second-order valence-electron chi connectivity index (χ2n) is 7.57. The van der Waals surface area contributed by atoms with Gasteiger partial charge in [-0.1, -0.05) is 18.2 Å². The van der Waals surface area contributed by atoms with Crippen LogP contribution >= 0.6 is 12.4 Å². The van der Waals surface area contributed by atoms with E-state index < -0.39 is 0 Å². The van der Waals surface area contributed by atoms with Crippen LogP contribution < -0.4 is 10.2 Å². The van der Waals surface area contributed by atoms with Gasteiger partial charge in [0.15, 0.2) is 0 Å². The molecule has 29 heavy (non-hydrogen) atoms. The molecule has 1 N–H and O–H groups in total. The number of amides is 2. The van der Waals surface area contributed by atoms with Crippen LogP contribution in [0.15, 0.2) is 30.3 Å². The zero-order valence-electron chi connectivity index (χ0n) is 17.4. The van der Waals surface area contributed by atoms with Gasteiger partial charge in [-0.3, -0.25) is 14.7 Å². The van der Waals surface area contributed by atoms with Gasteiger partial charge >= 0.3 is 12.0 Å². The third kappa shape index (κ3) is 5.84. The van der Waals surface area contributed by atoms with Crippen LogP contribution in [0.25, 0.3) is 0 Å². The van der Waals surface area contributed by atoms with E-state index in [4.69, 9.17) is 4.74 Å². The fourth-order valence-corrected chi connectivity index (χ4v) is 4.17. The number of para-hydroxylation sites is 1. The molecule has 0 aliphatic carbocycles. The van der Waals surface area contributed by atoms with Crippen LogP contribution in [0.5, 0.6) is 0 Å². The number of rotatable bonds is 7. The minimum atomic E-state index is -0.257. The Bertz CT molecular complexity index is 653. The molecule has 2 aliphatic rings. The third-order valence-corrected chi connectivity index (χ3v) is 5.79. The van der Waals surface area contributed by atoms with Crippen molar-refractivity contribution in [3.05, 3.63) is 30.3 Å². The van der Waals surface area contributed by atoms with Gasteiger partial charge in [0.05, 0.1) is 13.5 Å². The van der Waals surface area contributed by atoms with E-state index in [2.05, 4.69) is 5.32 Å². The lowest BCUT2D eigenvalue weighted by molar-refractivity contribution is -0.141. The van der Waals surface area contributed by atoms with Crippen molar-refractivity contribution in [3.63, 3.8) is 0 Å². The smallest absolute Gasteiger partial charge is 0.340 e. The second-order valence-corrected chi connectivity index (χ2v) is 7.57. The number of nitrogens with zero attached hydrogens (tertiary/aromatic N) is 3. The van der Waals surface area contributed by atoms with Gasteiger partial charge in [-0.2, -0.15) is 5.01 Å². The highest BCUT2D eigenvalue weighted by Gasteiger charge is 2.42. The van der Waals surface area contributed by atoms with Crippen molar-refractivity contribution < 1.29 is 14.3 Å². The summed E-state index contributed by atoms with van der Waals surface area (Å²) in [5, 5.41) is 7.29. The molecule has 1 aromatic rings. The number of halogens is 1. The molecule has 162 valence electrons. The topological polar surface area (TPSA) is 65.1 Å². The standard InChI is InChI=1S/C21H32N4O3.ClH/c1-17-23(16-12-20(26)28-2)24(15-11-18-7-6-13-22-14-10-18)21(27)25(17)19-8-4-3-5-9-19;/h3-5,8-9,17-18,22H,6-7,10-16H2,1-2H3;1H. The highest BCUT2D eigenvalue weighted by atomic mass is 35.5. The van der Waals surface area contributed by atoms with Crippen LogP contribution in [0.1, 0.15) is 39.0 Å². The molecule has 2 atom stereocenters. The van der Waals surface area contributed by atoms with Gasteiger partial charge in [0.1, 0.15) is 6.17 Å². The van der Waals surface area contributed by atoms with Crippen LogP contribution in [0.4, 0.5) is 10.5 Å². The van der Waals surface area contributed by atoms with E-state index in [0.29, 0.717) is 19.0 Å². The maximum atomic E-state index is 13.3. The number of benzene rings is 1. The van der Waals surface area contributed by atoms with Crippen LogP contribution in [-0.2, 0) is 9.53 Å². The highest BCUT2D eigenvalue weighted by Crippen LogP contribution is 2.29. The molecule has 2 amide bonds. The molecule has 2 saturated heterocycles. The number of hydrazine groups is 1. The maximum Gasteiger partial charge on any atom is 0.340 e. The number of hydrogen-bond donors (Lipinski definition) is 1. The van der Waals surface area contributed by atoms with Crippen molar-refractivity contribution in [2.24, 2.45) is 5.92 Å². The number of methoxy groups -OCH3 is 1. The van der Waals surface area contributed by atoms with Gasteiger partial charge in [0.25, 0.3) is 0 Å². The van der Waals surface area contributed by atoms with Crippen molar-refractivity contribution in [3.8, 4) is 0 Å². The Morgan fingerprint density at radius 1 is 1.17 bits per heavy atom. The Balaban J connectivity index is 0.00000300. The summed E-state index contributed by atoms with van der Waals surface area (Å²) in [4.78, 5) is 26.8. The fraction of sp³-hybridized carbons (Fsp3) is 0.619. The zero-order valence-corrected chi connectivity index (χ0v) is 18.2. The predicted molar refractivity (Wildman–Crippen MR) is 116 cm³/mol. The summed E-state index contributed by atoms with van der Waals surface area (Å²) in [6.07, 6.45) is 4.66. The van der Waals surface area contributed by atoms with E-state index in [0.717, 1.165) is 31.6 Å². The molecule has 0 saturated carbocycles. The van der Waals surface area contributed by atoms with E-state index in [9.17, 15) is 9.59 Å². The molecule has 2 fully saturated rings. The van der Waals surface area contributed by atoms with E-state index in [1.165, 1.54) is 20.0 Å². The van der Waals surface area contributed by atoms with E-state index in [1.54, 1.807) is 0 Å². The van der Waals surface area contributed by atoms with E-state index in [-0.39, 0.29) is 37.0 Å². The van der Waals surface area contributed by atoms with Gasteiger partial charge in [0.2, 0.25) is 0 Å². The third-order valence-electron chi connectivity index (χ3n) is 5.79. The number of carbonyl (C=O) groups excluding carboxylic acids is 2. The first-order valence-corrected chi connectivity index (χ1v) is 10.3. The molecule has 2 heterocycles. The Kier molecular flexibility index (Phi) is 9.20. The lowest BCUT2D eigenvalue weighted by Gasteiger charge is -2.30. The molecular formula is C21H33ClN4O3. The Morgan fingerprint density at radius 2 is 1.93 bits per heavy atom. The molecule has 7 nitrogen and oxygen atoms in total. The van der Waals surface area contributed by atoms with Crippen LogP contribution in [-0.4, -0.2) is 61.5 Å². The average Bonchev–Trinajstić information content (AvgIpc) is 2.89. The first-order chi connectivity index (χ1) is 13.6. The zero-order chi connectivity index (χ0) is 19.9. The molecule has 1 aromatic carbocycles. The molecule has 3 rings (SSSR count).